The average Bonchev–Trinajstić information content (AvgIpc) is 2.42. The Morgan fingerprint density at radius 2 is 2.20 bits per heavy atom. The van der Waals surface area contributed by atoms with Crippen LogP contribution in [0.2, 0.25) is 0 Å². The fourth-order valence-corrected chi connectivity index (χ4v) is 2.29. The highest BCUT2D eigenvalue weighted by Gasteiger charge is 2.23. The lowest BCUT2D eigenvalue weighted by molar-refractivity contribution is 0.0696. The number of carboxylic acids is 1. The zero-order chi connectivity index (χ0) is 14.7. The molecule has 0 unspecified atom stereocenters. The molecule has 1 aromatic rings. The van der Waals surface area contributed by atoms with Crippen molar-refractivity contribution in [3.8, 4) is 0 Å². The van der Waals surface area contributed by atoms with Gasteiger partial charge in [0.15, 0.2) is 5.82 Å². The number of hydrogen-bond acceptors (Lipinski definition) is 5. The molecule has 0 atom stereocenters. The number of aromatic nitrogens is 2. The number of rotatable bonds is 4. The van der Waals surface area contributed by atoms with Crippen molar-refractivity contribution in [2.24, 2.45) is 0 Å². The Labute approximate surface area is 118 Å². The molecule has 0 bridgehead atoms. The Morgan fingerprint density at radius 1 is 1.45 bits per heavy atom. The molecule has 0 spiro atoms. The Hall–Kier alpha value is -1.95. The Bertz CT molecular complexity index is 555. The summed E-state index contributed by atoms with van der Waals surface area (Å²) in [4.78, 5) is 13.4. The molecule has 0 amide bonds. The third-order valence-corrected chi connectivity index (χ3v) is 3.58. The molecule has 0 saturated heterocycles. The molecular formula is C14H19N3O3. The largest absolute Gasteiger partial charge is 0.478 e. The number of ether oxygens (including phenoxy) is 1. The molecule has 1 aliphatic heterocycles. The van der Waals surface area contributed by atoms with E-state index in [-0.39, 0.29) is 5.56 Å². The van der Waals surface area contributed by atoms with Gasteiger partial charge in [-0.2, -0.15) is 5.10 Å². The van der Waals surface area contributed by atoms with Crippen LogP contribution in [0.25, 0.3) is 0 Å². The lowest BCUT2D eigenvalue weighted by atomic mass is 10.1. The van der Waals surface area contributed by atoms with Crippen molar-refractivity contribution in [3.05, 3.63) is 28.5 Å². The Balaban J connectivity index is 2.31. The number of carbonyl (C=O) groups is 1. The van der Waals surface area contributed by atoms with Gasteiger partial charge < -0.3 is 14.7 Å². The lowest BCUT2D eigenvalue weighted by Gasteiger charge is -2.28. The summed E-state index contributed by atoms with van der Waals surface area (Å²) in [6, 6.07) is 0. The fraction of sp³-hybridized carbons (Fsp3) is 0.500. The van der Waals surface area contributed by atoms with Crippen molar-refractivity contribution in [1.29, 1.82) is 0 Å². The average molecular weight is 277 g/mol. The minimum Gasteiger partial charge on any atom is -0.478 e. The van der Waals surface area contributed by atoms with Gasteiger partial charge in [-0.3, -0.25) is 0 Å². The number of methoxy groups -OCH3 is 1. The molecule has 6 heteroatoms. The minimum absolute atomic E-state index is 0.251. The quantitative estimate of drug-likeness (QED) is 0.842. The van der Waals surface area contributed by atoms with Crippen molar-refractivity contribution in [2.75, 3.05) is 31.7 Å². The highest BCUT2D eigenvalue weighted by atomic mass is 16.5. The first-order chi connectivity index (χ1) is 9.54. The SMILES string of the molecule is COCC1=CCN(c2nnc(C)c(C)c2C(=O)O)CC1. The van der Waals surface area contributed by atoms with Gasteiger partial charge in [0.25, 0.3) is 0 Å². The maximum atomic E-state index is 11.5. The van der Waals surface area contributed by atoms with Gasteiger partial charge in [0.05, 0.1) is 12.3 Å². The first kappa shape index (κ1) is 14.5. The number of aryl methyl sites for hydroxylation is 1. The van der Waals surface area contributed by atoms with E-state index in [0.29, 0.717) is 30.2 Å². The topological polar surface area (TPSA) is 75.5 Å². The molecule has 0 radical (unpaired) electrons. The van der Waals surface area contributed by atoms with Crippen LogP contribution in [0, 0.1) is 13.8 Å². The van der Waals surface area contributed by atoms with E-state index >= 15 is 0 Å². The summed E-state index contributed by atoms with van der Waals surface area (Å²) in [5.41, 5.74) is 2.81. The van der Waals surface area contributed by atoms with Gasteiger partial charge in [0.2, 0.25) is 0 Å². The van der Waals surface area contributed by atoms with E-state index in [0.717, 1.165) is 13.0 Å². The second-order valence-corrected chi connectivity index (χ2v) is 4.91. The second-order valence-electron chi connectivity index (χ2n) is 4.91. The van der Waals surface area contributed by atoms with E-state index in [2.05, 4.69) is 16.3 Å². The van der Waals surface area contributed by atoms with E-state index in [1.807, 2.05) is 4.90 Å². The maximum Gasteiger partial charge on any atom is 0.339 e. The van der Waals surface area contributed by atoms with Gasteiger partial charge in [0.1, 0.15) is 5.56 Å². The van der Waals surface area contributed by atoms with Crippen LogP contribution in [-0.4, -0.2) is 48.1 Å². The maximum absolute atomic E-state index is 11.5. The van der Waals surface area contributed by atoms with Crippen molar-refractivity contribution in [2.45, 2.75) is 20.3 Å². The first-order valence-electron chi connectivity index (χ1n) is 6.53. The van der Waals surface area contributed by atoms with Crippen LogP contribution in [0.3, 0.4) is 0 Å². The standard InChI is InChI=1S/C14H19N3O3/c1-9-10(2)15-16-13(12(9)14(18)19)17-6-4-11(5-7-17)8-20-3/h4H,5-8H2,1-3H3,(H,18,19). The molecule has 6 nitrogen and oxygen atoms in total. The van der Waals surface area contributed by atoms with Crippen molar-refractivity contribution < 1.29 is 14.6 Å². The molecule has 1 N–H and O–H groups in total. The van der Waals surface area contributed by atoms with Crippen LogP contribution in [-0.2, 0) is 4.74 Å². The van der Waals surface area contributed by atoms with Crippen LogP contribution in [0.15, 0.2) is 11.6 Å². The van der Waals surface area contributed by atoms with Crippen molar-refractivity contribution in [1.82, 2.24) is 10.2 Å². The summed E-state index contributed by atoms with van der Waals surface area (Å²) in [6.45, 7) is 5.53. The van der Waals surface area contributed by atoms with Crippen LogP contribution in [0.5, 0.6) is 0 Å². The zero-order valence-corrected chi connectivity index (χ0v) is 12.0. The van der Waals surface area contributed by atoms with Crippen LogP contribution in [0.4, 0.5) is 5.82 Å². The van der Waals surface area contributed by atoms with Gasteiger partial charge in [0, 0.05) is 20.2 Å². The molecule has 2 rings (SSSR count). The highest BCUT2D eigenvalue weighted by molar-refractivity contribution is 5.95. The molecule has 0 saturated carbocycles. The van der Waals surface area contributed by atoms with Crippen molar-refractivity contribution in [3.63, 3.8) is 0 Å². The van der Waals surface area contributed by atoms with Gasteiger partial charge >= 0.3 is 5.97 Å². The van der Waals surface area contributed by atoms with Crippen LogP contribution >= 0.6 is 0 Å². The predicted octanol–water partition coefficient (Wildman–Crippen LogP) is 1.57. The number of aromatic carboxylic acids is 1. The fourth-order valence-electron chi connectivity index (χ4n) is 2.29. The van der Waals surface area contributed by atoms with E-state index < -0.39 is 5.97 Å². The monoisotopic (exact) mass is 277 g/mol. The molecule has 108 valence electrons. The molecule has 1 aliphatic rings. The number of carboxylic acid groups (broad SMARTS) is 1. The first-order valence-corrected chi connectivity index (χ1v) is 6.53. The molecule has 20 heavy (non-hydrogen) atoms. The van der Waals surface area contributed by atoms with Crippen LogP contribution in [0.1, 0.15) is 28.0 Å². The predicted molar refractivity (Wildman–Crippen MR) is 75.3 cm³/mol. The number of hydrogen-bond donors (Lipinski definition) is 1. The van der Waals surface area contributed by atoms with Crippen molar-refractivity contribution >= 4 is 11.8 Å². The van der Waals surface area contributed by atoms with E-state index in [1.165, 1.54) is 5.57 Å². The smallest absolute Gasteiger partial charge is 0.339 e. The summed E-state index contributed by atoms with van der Waals surface area (Å²) in [6.07, 6.45) is 2.91. The Morgan fingerprint density at radius 3 is 2.75 bits per heavy atom. The summed E-state index contributed by atoms with van der Waals surface area (Å²) < 4.78 is 5.11. The van der Waals surface area contributed by atoms with E-state index in [4.69, 9.17) is 4.74 Å². The molecular weight excluding hydrogens is 258 g/mol. The molecule has 1 aromatic heterocycles. The molecule has 2 heterocycles. The number of anilines is 1. The summed E-state index contributed by atoms with van der Waals surface area (Å²) in [5.74, 6) is -0.504. The van der Waals surface area contributed by atoms with Gasteiger partial charge in [-0.15, -0.1) is 5.10 Å². The summed E-state index contributed by atoms with van der Waals surface area (Å²) in [5, 5.41) is 17.5. The molecule has 0 aliphatic carbocycles. The Kier molecular flexibility index (Phi) is 4.34. The summed E-state index contributed by atoms with van der Waals surface area (Å²) in [7, 11) is 1.67. The molecule has 0 fully saturated rings. The van der Waals surface area contributed by atoms with E-state index in [1.54, 1.807) is 21.0 Å². The normalized spacial score (nSPS) is 15.2. The second kappa shape index (κ2) is 6.00. The van der Waals surface area contributed by atoms with Gasteiger partial charge in [-0.1, -0.05) is 6.08 Å². The van der Waals surface area contributed by atoms with Gasteiger partial charge in [-0.25, -0.2) is 4.79 Å². The van der Waals surface area contributed by atoms with Gasteiger partial charge in [-0.05, 0) is 31.4 Å². The number of nitrogens with zero attached hydrogens (tertiary/aromatic N) is 3. The molecule has 0 aromatic carbocycles. The summed E-state index contributed by atoms with van der Waals surface area (Å²) >= 11 is 0. The zero-order valence-electron chi connectivity index (χ0n) is 12.0. The third kappa shape index (κ3) is 2.80. The van der Waals surface area contributed by atoms with Crippen LogP contribution < -0.4 is 4.90 Å². The lowest BCUT2D eigenvalue weighted by Crippen LogP contribution is -2.32. The highest BCUT2D eigenvalue weighted by Crippen LogP contribution is 2.24. The third-order valence-electron chi connectivity index (χ3n) is 3.58. The minimum atomic E-state index is -0.956. The van der Waals surface area contributed by atoms with E-state index in [9.17, 15) is 9.90 Å².